The van der Waals surface area contributed by atoms with Gasteiger partial charge in [-0.1, -0.05) is 19.3 Å². The SMILES string of the molecule is [C-]#[N+]/C(C#N)=C\c1cc2sc3c4sc5c(c4sc3c2s1)C1(CCCCC1)C(/C=C(\C#N)[N+]#[C-])=C5. The van der Waals surface area contributed by atoms with Crippen LogP contribution in [0.5, 0.6) is 0 Å². The van der Waals surface area contributed by atoms with Gasteiger partial charge in [0.2, 0.25) is 0 Å². The maximum absolute atomic E-state index is 9.38. The van der Waals surface area contributed by atoms with Crippen molar-refractivity contribution in [2.75, 3.05) is 0 Å². The van der Waals surface area contributed by atoms with Crippen LogP contribution in [0.4, 0.5) is 0 Å². The highest BCUT2D eigenvalue weighted by atomic mass is 32.1. The zero-order valence-electron chi connectivity index (χ0n) is 17.8. The zero-order chi connectivity index (χ0) is 23.4. The molecule has 162 valence electrons. The topological polar surface area (TPSA) is 56.3 Å². The van der Waals surface area contributed by atoms with E-state index in [-0.39, 0.29) is 16.8 Å². The van der Waals surface area contributed by atoms with Crippen LogP contribution in [0.2, 0.25) is 0 Å². The average molecular weight is 511 g/mol. The van der Waals surface area contributed by atoms with Crippen molar-refractivity contribution in [3.8, 4) is 12.1 Å². The van der Waals surface area contributed by atoms with Gasteiger partial charge in [0, 0.05) is 19.9 Å². The molecule has 34 heavy (non-hydrogen) atoms. The van der Waals surface area contributed by atoms with Gasteiger partial charge in [-0.2, -0.15) is 0 Å². The molecule has 1 saturated carbocycles. The van der Waals surface area contributed by atoms with E-state index >= 15 is 0 Å². The quantitative estimate of drug-likeness (QED) is 0.199. The van der Waals surface area contributed by atoms with Crippen LogP contribution in [0.3, 0.4) is 0 Å². The molecular weight excluding hydrogens is 497 g/mol. The molecule has 2 aliphatic carbocycles. The van der Waals surface area contributed by atoms with Crippen LogP contribution >= 0.6 is 45.3 Å². The molecule has 0 radical (unpaired) electrons. The fraction of sp³-hybridized carbons (Fsp3) is 0.231. The van der Waals surface area contributed by atoms with Gasteiger partial charge in [-0.15, -0.1) is 45.3 Å². The van der Waals surface area contributed by atoms with E-state index in [1.54, 1.807) is 28.7 Å². The molecule has 0 unspecified atom stereocenters. The van der Waals surface area contributed by atoms with Crippen LogP contribution in [0.25, 0.3) is 50.0 Å². The number of thiophene rings is 4. The molecule has 1 spiro atoms. The number of nitrogens with zero attached hydrogens (tertiary/aromatic N) is 4. The van der Waals surface area contributed by atoms with Gasteiger partial charge in [0.15, 0.2) is 0 Å². The van der Waals surface area contributed by atoms with Gasteiger partial charge in [0.1, 0.15) is 0 Å². The second-order valence-electron chi connectivity index (χ2n) is 8.45. The molecule has 0 aliphatic heterocycles. The highest BCUT2D eigenvalue weighted by Gasteiger charge is 2.44. The molecule has 4 nitrogen and oxygen atoms in total. The average Bonchev–Trinajstić information content (AvgIpc) is 3.62. The third-order valence-electron chi connectivity index (χ3n) is 6.71. The van der Waals surface area contributed by atoms with E-state index < -0.39 is 0 Å². The van der Waals surface area contributed by atoms with Gasteiger partial charge in [-0.05, 0) is 48.3 Å². The van der Waals surface area contributed by atoms with E-state index in [1.807, 2.05) is 34.8 Å². The fourth-order valence-electron chi connectivity index (χ4n) is 5.29. The molecule has 4 aromatic heterocycles. The summed E-state index contributed by atoms with van der Waals surface area (Å²) in [6, 6.07) is 6.09. The van der Waals surface area contributed by atoms with Crippen LogP contribution in [0.15, 0.2) is 29.1 Å². The van der Waals surface area contributed by atoms with Crippen LogP contribution in [0, 0.1) is 35.8 Å². The van der Waals surface area contributed by atoms with Gasteiger partial charge < -0.3 is 0 Å². The third-order valence-corrected chi connectivity index (χ3v) is 12.0. The molecule has 8 heteroatoms. The summed E-state index contributed by atoms with van der Waals surface area (Å²) in [6.45, 7) is 14.5. The molecule has 6 rings (SSSR count). The Morgan fingerprint density at radius 2 is 1.53 bits per heavy atom. The first kappa shape index (κ1) is 21.3. The summed E-state index contributed by atoms with van der Waals surface area (Å²) in [7, 11) is 0. The van der Waals surface area contributed by atoms with E-state index in [1.165, 1.54) is 45.1 Å². The van der Waals surface area contributed by atoms with Crippen LogP contribution in [0.1, 0.15) is 47.4 Å². The second-order valence-corrected chi connectivity index (χ2v) is 12.7. The first-order valence-corrected chi connectivity index (χ1v) is 14.0. The molecule has 0 aromatic carbocycles. The van der Waals surface area contributed by atoms with Crippen molar-refractivity contribution in [2.45, 2.75) is 37.5 Å². The van der Waals surface area contributed by atoms with Crippen molar-refractivity contribution < 1.29 is 0 Å². The molecule has 0 atom stereocenters. The Morgan fingerprint density at radius 3 is 2.24 bits per heavy atom. The molecule has 0 saturated heterocycles. The minimum absolute atomic E-state index is 0.0919. The Bertz CT molecular complexity index is 1750. The fourth-order valence-corrected chi connectivity index (χ4v) is 11.3. The van der Waals surface area contributed by atoms with Gasteiger partial charge in [0.25, 0.3) is 11.4 Å². The molecule has 4 heterocycles. The number of rotatable bonds is 2. The summed E-state index contributed by atoms with van der Waals surface area (Å²) in [6.07, 6.45) is 11.4. The number of fused-ring (bicyclic) bond motifs is 8. The minimum atomic E-state index is -0.0919. The van der Waals surface area contributed by atoms with Crippen molar-refractivity contribution in [2.24, 2.45) is 0 Å². The molecule has 0 amide bonds. The largest absolute Gasteiger partial charge is 0.263 e. The second kappa shape index (κ2) is 7.92. The predicted octanol–water partition coefficient (Wildman–Crippen LogP) is 9.10. The van der Waals surface area contributed by atoms with Crippen molar-refractivity contribution in [1.82, 2.24) is 0 Å². The maximum atomic E-state index is 9.38. The molecule has 0 bridgehead atoms. The molecule has 1 fully saturated rings. The van der Waals surface area contributed by atoms with E-state index in [0.29, 0.717) is 0 Å². The lowest BCUT2D eigenvalue weighted by Gasteiger charge is -2.36. The predicted molar refractivity (Wildman–Crippen MR) is 144 cm³/mol. The summed E-state index contributed by atoms with van der Waals surface area (Å²) in [5.74, 6) is 0. The van der Waals surface area contributed by atoms with E-state index in [0.717, 1.165) is 36.1 Å². The normalized spacial score (nSPS) is 17.5. The Balaban J connectivity index is 1.55. The summed E-state index contributed by atoms with van der Waals surface area (Å²) < 4.78 is 7.78. The zero-order valence-corrected chi connectivity index (χ0v) is 21.0. The van der Waals surface area contributed by atoms with Crippen LogP contribution in [-0.2, 0) is 5.41 Å². The highest BCUT2D eigenvalue weighted by molar-refractivity contribution is 7.44. The number of nitriles is 2. The van der Waals surface area contributed by atoms with E-state index in [9.17, 15) is 5.26 Å². The minimum Gasteiger partial charge on any atom is -0.227 e. The van der Waals surface area contributed by atoms with E-state index in [4.69, 9.17) is 18.4 Å². The summed E-state index contributed by atoms with van der Waals surface area (Å²) >= 11 is 7.15. The first-order valence-electron chi connectivity index (χ1n) is 10.7. The smallest absolute Gasteiger partial charge is 0.227 e. The number of allylic oxidation sites excluding steroid dienone is 4. The summed E-state index contributed by atoms with van der Waals surface area (Å²) in [4.78, 5) is 8.95. The van der Waals surface area contributed by atoms with Crippen molar-refractivity contribution in [1.29, 1.82) is 10.5 Å². The van der Waals surface area contributed by atoms with Gasteiger partial charge in [-0.3, -0.25) is 0 Å². The molecule has 2 aliphatic rings. The lowest BCUT2D eigenvalue weighted by Crippen LogP contribution is -2.28. The Morgan fingerprint density at radius 1 is 0.853 bits per heavy atom. The lowest BCUT2D eigenvalue weighted by atomic mass is 9.67. The standard InChI is InChI=1S/C26H14N4S4/c1-29-15(12-27)8-14-9-18-20(26(14)6-4-3-5-7-26)22-24(32-18)25-23(34-22)21-19(33-25)11-17(31-21)10-16(13-28)30-2/h8-11H,3-7H2/b15-8+,16-10-. The van der Waals surface area contributed by atoms with E-state index in [2.05, 4.69) is 27.9 Å². The Labute approximate surface area is 212 Å². The van der Waals surface area contributed by atoms with Crippen LogP contribution in [-0.4, -0.2) is 0 Å². The van der Waals surface area contributed by atoms with Crippen molar-refractivity contribution >= 4 is 85.7 Å². The molecular formula is C26H14N4S4. The Hall–Kier alpha value is -3.24. The van der Waals surface area contributed by atoms with Gasteiger partial charge in [0.05, 0.1) is 48.8 Å². The van der Waals surface area contributed by atoms with Crippen molar-refractivity contribution in [3.05, 3.63) is 67.3 Å². The summed E-state index contributed by atoms with van der Waals surface area (Å²) in [5, 5.41) is 18.5. The van der Waals surface area contributed by atoms with Crippen molar-refractivity contribution in [3.63, 3.8) is 0 Å². The highest BCUT2D eigenvalue weighted by Crippen LogP contribution is 2.60. The summed E-state index contributed by atoms with van der Waals surface area (Å²) in [5.41, 5.74) is 2.73. The Kier molecular flexibility index (Phi) is 4.96. The lowest BCUT2D eigenvalue weighted by molar-refractivity contribution is 0.353. The van der Waals surface area contributed by atoms with Crippen LogP contribution < -0.4 is 0 Å². The maximum Gasteiger partial charge on any atom is 0.263 e. The number of hydrogen-bond donors (Lipinski definition) is 0. The number of hydrogen-bond acceptors (Lipinski definition) is 6. The monoisotopic (exact) mass is 510 g/mol. The first-order chi connectivity index (χ1) is 16.6. The molecule has 4 aromatic rings. The van der Waals surface area contributed by atoms with Gasteiger partial charge >= 0.3 is 0 Å². The molecule has 0 N–H and O–H groups in total. The third kappa shape index (κ3) is 2.94. The van der Waals surface area contributed by atoms with Gasteiger partial charge in [-0.25, -0.2) is 20.2 Å².